The van der Waals surface area contributed by atoms with Gasteiger partial charge in [0.15, 0.2) is 0 Å². The number of rotatable bonds is 7. The molecule has 24 heavy (non-hydrogen) atoms. The van der Waals surface area contributed by atoms with E-state index in [1.165, 1.54) is 11.1 Å². The van der Waals surface area contributed by atoms with Crippen LogP contribution < -0.4 is 10.2 Å². The highest BCUT2D eigenvalue weighted by Crippen LogP contribution is 2.25. The van der Waals surface area contributed by atoms with Gasteiger partial charge in [-0.05, 0) is 33.3 Å². The first-order chi connectivity index (χ1) is 11.3. The van der Waals surface area contributed by atoms with Crippen LogP contribution in [0.4, 0.5) is 5.82 Å². The van der Waals surface area contributed by atoms with Crippen molar-refractivity contribution in [1.29, 1.82) is 0 Å². The van der Waals surface area contributed by atoms with Gasteiger partial charge in [-0.3, -0.25) is 4.68 Å². The van der Waals surface area contributed by atoms with Gasteiger partial charge < -0.3 is 15.3 Å². The molecule has 0 saturated carbocycles. The minimum Gasteiger partial charge on any atom is -0.395 e. The van der Waals surface area contributed by atoms with Crippen molar-refractivity contribution in [1.82, 2.24) is 15.1 Å². The van der Waals surface area contributed by atoms with Gasteiger partial charge in [-0.2, -0.15) is 5.10 Å². The molecule has 1 heterocycles. The van der Waals surface area contributed by atoms with E-state index in [2.05, 4.69) is 48.2 Å². The molecule has 0 unspecified atom stereocenters. The number of aliphatic hydroxyl groups is 1. The Kier molecular flexibility index (Phi) is 6.02. The van der Waals surface area contributed by atoms with Gasteiger partial charge in [0.25, 0.3) is 0 Å². The van der Waals surface area contributed by atoms with Crippen molar-refractivity contribution in [3.8, 4) is 0 Å². The first-order valence-corrected chi connectivity index (χ1v) is 8.49. The SMILES string of the molecule is Cc1nn(C)c(N(CCO)Cc2ccccc2)c1CNC(C)(C)C. The van der Waals surface area contributed by atoms with Gasteiger partial charge in [-0.15, -0.1) is 0 Å². The van der Waals surface area contributed by atoms with E-state index in [1.54, 1.807) is 0 Å². The molecule has 2 rings (SSSR count). The summed E-state index contributed by atoms with van der Waals surface area (Å²) in [5.41, 5.74) is 3.48. The number of hydrogen-bond acceptors (Lipinski definition) is 4. The van der Waals surface area contributed by atoms with E-state index in [-0.39, 0.29) is 12.1 Å². The molecular weight excluding hydrogens is 300 g/mol. The second-order valence-corrected chi connectivity index (χ2v) is 7.25. The second kappa shape index (κ2) is 7.81. The highest BCUT2D eigenvalue weighted by molar-refractivity contribution is 5.50. The van der Waals surface area contributed by atoms with Crippen LogP contribution in [0.1, 0.15) is 37.6 Å². The molecule has 1 aromatic carbocycles. The molecule has 0 aliphatic rings. The summed E-state index contributed by atoms with van der Waals surface area (Å²) >= 11 is 0. The molecule has 0 atom stereocenters. The first-order valence-electron chi connectivity index (χ1n) is 8.49. The Labute approximate surface area is 145 Å². The van der Waals surface area contributed by atoms with Crippen molar-refractivity contribution in [2.45, 2.75) is 46.3 Å². The minimum atomic E-state index is 0.0425. The average Bonchev–Trinajstić information content (AvgIpc) is 2.79. The molecular formula is C19H30N4O. The van der Waals surface area contributed by atoms with Crippen molar-refractivity contribution in [2.24, 2.45) is 7.05 Å². The van der Waals surface area contributed by atoms with E-state index in [1.807, 2.05) is 36.9 Å². The molecule has 0 spiro atoms. The third-order valence-electron chi connectivity index (χ3n) is 3.99. The summed E-state index contributed by atoms with van der Waals surface area (Å²) in [4.78, 5) is 2.20. The van der Waals surface area contributed by atoms with Crippen molar-refractivity contribution < 1.29 is 5.11 Å². The third kappa shape index (κ3) is 4.82. The van der Waals surface area contributed by atoms with Crippen LogP contribution in [0, 0.1) is 6.92 Å². The van der Waals surface area contributed by atoms with Gasteiger partial charge in [-0.1, -0.05) is 30.3 Å². The molecule has 0 saturated heterocycles. The van der Waals surface area contributed by atoms with Gasteiger partial charge in [-0.25, -0.2) is 0 Å². The highest BCUT2D eigenvalue weighted by Gasteiger charge is 2.21. The summed E-state index contributed by atoms with van der Waals surface area (Å²) in [6.45, 7) is 10.7. The van der Waals surface area contributed by atoms with Gasteiger partial charge in [0.1, 0.15) is 5.82 Å². The smallest absolute Gasteiger partial charge is 0.131 e. The van der Waals surface area contributed by atoms with Crippen LogP contribution in [0.2, 0.25) is 0 Å². The molecule has 2 N–H and O–H groups in total. The Hall–Kier alpha value is -1.85. The number of benzene rings is 1. The highest BCUT2D eigenvalue weighted by atomic mass is 16.3. The number of hydrogen-bond donors (Lipinski definition) is 2. The lowest BCUT2D eigenvalue weighted by Gasteiger charge is -2.27. The number of nitrogens with zero attached hydrogens (tertiary/aromatic N) is 3. The van der Waals surface area contributed by atoms with Crippen LogP contribution in [0.15, 0.2) is 30.3 Å². The van der Waals surface area contributed by atoms with Crippen molar-refractivity contribution in [3.05, 3.63) is 47.2 Å². The zero-order valence-electron chi connectivity index (χ0n) is 15.5. The summed E-state index contributed by atoms with van der Waals surface area (Å²) in [6, 6.07) is 10.3. The van der Waals surface area contributed by atoms with E-state index in [9.17, 15) is 5.11 Å². The zero-order chi connectivity index (χ0) is 17.7. The summed E-state index contributed by atoms with van der Waals surface area (Å²) in [5, 5.41) is 17.7. The van der Waals surface area contributed by atoms with Crippen molar-refractivity contribution in [2.75, 3.05) is 18.1 Å². The summed E-state index contributed by atoms with van der Waals surface area (Å²) in [7, 11) is 1.97. The summed E-state index contributed by atoms with van der Waals surface area (Å²) < 4.78 is 1.92. The summed E-state index contributed by atoms with van der Waals surface area (Å²) in [5.74, 6) is 1.07. The molecule has 0 fully saturated rings. The quantitative estimate of drug-likeness (QED) is 0.819. The molecule has 0 bridgehead atoms. The fraction of sp³-hybridized carbons (Fsp3) is 0.526. The van der Waals surface area contributed by atoms with Crippen LogP contribution in [0.25, 0.3) is 0 Å². The number of anilines is 1. The topological polar surface area (TPSA) is 53.3 Å². The lowest BCUT2D eigenvalue weighted by Crippen LogP contribution is -2.36. The normalized spacial score (nSPS) is 11.8. The Morgan fingerprint density at radius 3 is 2.46 bits per heavy atom. The second-order valence-electron chi connectivity index (χ2n) is 7.25. The summed E-state index contributed by atoms with van der Waals surface area (Å²) in [6.07, 6.45) is 0. The van der Waals surface area contributed by atoms with E-state index in [4.69, 9.17) is 0 Å². The maximum atomic E-state index is 9.54. The van der Waals surface area contributed by atoms with Crippen LogP contribution in [-0.4, -0.2) is 33.6 Å². The van der Waals surface area contributed by atoms with E-state index in [0.29, 0.717) is 6.54 Å². The fourth-order valence-electron chi connectivity index (χ4n) is 2.83. The number of aromatic nitrogens is 2. The number of nitrogens with one attached hydrogen (secondary N) is 1. The van der Waals surface area contributed by atoms with Gasteiger partial charge >= 0.3 is 0 Å². The van der Waals surface area contributed by atoms with Crippen LogP contribution in [-0.2, 0) is 20.1 Å². The van der Waals surface area contributed by atoms with Gasteiger partial charge in [0.05, 0.1) is 12.3 Å². The standard InChI is InChI=1S/C19H30N4O/c1-15-17(13-20-19(2,3)4)18(22(5)21-15)23(11-12-24)14-16-9-7-6-8-10-16/h6-10,20,24H,11-14H2,1-5H3. The predicted molar refractivity (Wildman–Crippen MR) is 99.1 cm³/mol. The molecule has 132 valence electrons. The number of aliphatic hydroxyl groups excluding tert-OH is 1. The molecule has 0 amide bonds. The predicted octanol–water partition coefficient (Wildman–Crippen LogP) is 2.62. The lowest BCUT2D eigenvalue weighted by atomic mass is 10.1. The van der Waals surface area contributed by atoms with Crippen molar-refractivity contribution in [3.63, 3.8) is 0 Å². The molecule has 0 aliphatic heterocycles. The lowest BCUT2D eigenvalue weighted by molar-refractivity contribution is 0.300. The molecule has 5 nitrogen and oxygen atoms in total. The van der Waals surface area contributed by atoms with Crippen molar-refractivity contribution >= 4 is 5.82 Å². The van der Waals surface area contributed by atoms with E-state index < -0.39 is 0 Å². The largest absolute Gasteiger partial charge is 0.395 e. The Morgan fingerprint density at radius 2 is 1.88 bits per heavy atom. The Balaban J connectivity index is 2.31. The van der Waals surface area contributed by atoms with Gasteiger partial charge in [0, 0.05) is 37.8 Å². The number of aryl methyl sites for hydroxylation is 2. The zero-order valence-corrected chi connectivity index (χ0v) is 15.5. The maximum Gasteiger partial charge on any atom is 0.131 e. The molecule has 2 aromatic rings. The Morgan fingerprint density at radius 1 is 1.21 bits per heavy atom. The maximum absolute atomic E-state index is 9.54. The molecule has 1 aromatic heterocycles. The fourth-order valence-corrected chi connectivity index (χ4v) is 2.83. The van der Waals surface area contributed by atoms with Crippen LogP contribution in [0.5, 0.6) is 0 Å². The monoisotopic (exact) mass is 330 g/mol. The van der Waals surface area contributed by atoms with E-state index >= 15 is 0 Å². The van der Waals surface area contributed by atoms with Crippen LogP contribution in [0.3, 0.4) is 0 Å². The van der Waals surface area contributed by atoms with Gasteiger partial charge in [0.2, 0.25) is 0 Å². The molecule has 0 radical (unpaired) electrons. The Bertz CT molecular complexity index is 643. The van der Waals surface area contributed by atoms with Crippen LogP contribution >= 0.6 is 0 Å². The minimum absolute atomic E-state index is 0.0425. The molecule has 5 heteroatoms. The first kappa shape index (κ1) is 18.5. The average molecular weight is 330 g/mol. The molecule has 0 aliphatic carbocycles. The van der Waals surface area contributed by atoms with E-state index in [0.717, 1.165) is 24.6 Å². The third-order valence-corrected chi connectivity index (χ3v) is 3.99.